The summed E-state index contributed by atoms with van der Waals surface area (Å²) < 4.78 is 7.94. The van der Waals surface area contributed by atoms with Crippen molar-refractivity contribution in [1.82, 2.24) is 9.55 Å². The number of imidazole rings is 1. The molecule has 0 spiro atoms. The third-order valence-electron chi connectivity index (χ3n) is 2.10. The van der Waals surface area contributed by atoms with Crippen LogP contribution in [0.25, 0.3) is 11.0 Å². The highest BCUT2D eigenvalue weighted by Gasteiger charge is 2.12. The number of rotatable bonds is 1. The molecule has 0 radical (unpaired) electrons. The molecule has 14 heavy (non-hydrogen) atoms. The molecule has 0 saturated heterocycles. The SMILES string of the molecule is COc1ccc(Br)c2nc(Cl)n(C)c12. The first-order chi connectivity index (χ1) is 6.65. The van der Waals surface area contributed by atoms with E-state index in [0.717, 1.165) is 21.3 Å². The number of halogens is 2. The molecule has 2 aromatic rings. The molecule has 0 amide bonds. The van der Waals surface area contributed by atoms with Gasteiger partial charge in [0.15, 0.2) is 0 Å². The maximum absolute atomic E-state index is 5.93. The van der Waals surface area contributed by atoms with Crippen molar-refractivity contribution in [3.05, 3.63) is 21.9 Å². The fourth-order valence-electron chi connectivity index (χ4n) is 1.39. The van der Waals surface area contributed by atoms with Gasteiger partial charge in [-0.1, -0.05) is 0 Å². The molecule has 0 saturated carbocycles. The van der Waals surface area contributed by atoms with Crippen LogP contribution in [0.5, 0.6) is 5.75 Å². The van der Waals surface area contributed by atoms with E-state index in [4.69, 9.17) is 16.3 Å². The predicted octanol–water partition coefficient (Wildman–Crippen LogP) is 3.00. The Hall–Kier alpha value is -0.740. The van der Waals surface area contributed by atoms with E-state index in [1.165, 1.54) is 0 Å². The smallest absolute Gasteiger partial charge is 0.203 e. The second kappa shape index (κ2) is 3.44. The molecule has 0 atom stereocenters. The minimum Gasteiger partial charge on any atom is -0.494 e. The normalized spacial score (nSPS) is 10.9. The Morgan fingerprint density at radius 2 is 2.21 bits per heavy atom. The van der Waals surface area contributed by atoms with Gasteiger partial charge in [-0.25, -0.2) is 4.98 Å². The number of methoxy groups -OCH3 is 1. The number of fused-ring (bicyclic) bond motifs is 1. The zero-order valence-corrected chi connectivity index (χ0v) is 10.1. The van der Waals surface area contributed by atoms with Gasteiger partial charge in [0.2, 0.25) is 5.28 Å². The molecule has 0 aliphatic rings. The third kappa shape index (κ3) is 1.29. The van der Waals surface area contributed by atoms with E-state index in [-0.39, 0.29) is 0 Å². The molecular formula is C9H8BrClN2O. The molecule has 74 valence electrons. The molecule has 0 bridgehead atoms. The average Bonchev–Trinajstić information content (AvgIpc) is 2.47. The first-order valence-electron chi connectivity index (χ1n) is 3.99. The van der Waals surface area contributed by atoms with Crippen LogP contribution in [0.15, 0.2) is 16.6 Å². The van der Waals surface area contributed by atoms with Crippen LogP contribution < -0.4 is 4.74 Å². The summed E-state index contributed by atoms with van der Waals surface area (Å²) in [6.07, 6.45) is 0. The van der Waals surface area contributed by atoms with E-state index in [0.29, 0.717) is 5.28 Å². The summed E-state index contributed by atoms with van der Waals surface area (Å²) in [6.45, 7) is 0. The van der Waals surface area contributed by atoms with Crippen molar-refractivity contribution in [2.24, 2.45) is 7.05 Å². The van der Waals surface area contributed by atoms with Gasteiger partial charge in [-0.3, -0.25) is 0 Å². The van der Waals surface area contributed by atoms with Gasteiger partial charge in [0, 0.05) is 11.5 Å². The minimum absolute atomic E-state index is 0.449. The van der Waals surface area contributed by atoms with Crippen molar-refractivity contribution in [2.75, 3.05) is 7.11 Å². The maximum atomic E-state index is 5.93. The summed E-state index contributed by atoms with van der Waals surface area (Å²) in [4.78, 5) is 4.22. The Bertz CT molecular complexity index is 495. The minimum atomic E-state index is 0.449. The first kappa shape index (κ1) is 9.80. The molecule has 3 nitrogen and oxygen atoms in total. The van der Waals surface area contributed by atoms with Gasteiger partial charge >= 0.3 is 0 Å². The summed E-state index contributed by atoms with van der Waals surface area (Å²) in [5.41, 5.74) is 1.71. The number of hydrogen-bond donors (Lipinski definition) is 0. The Morgan fingerprint density at radius 3 is 2.86 bits per heavy atom. The lowest BCUT2D eigenvalue weighted by Crippen LogP contribution is -1.91. The van der Waals surface area contributed by atoms with Gasteiger partial charge in [0.1, 0.15) is 16.8 Å². The molecule has 1 aromatic carbocycles. The Labute approximate surface area is 94.8 Å². The fraction of sp³-hybridized carbons (Fsp3) is 0.222. The van der Waals surface area contributed by atoms with Crippen LogP contribution in [0.2, 0.25) is 5.28 Å². The second-order valence-electron chi connectivity index (χ2n) is 2.89. The fourth-order valence-corrected chi connectivity index (χ4v) is 1.97. The van der Waals surface area contributed by atoms with Crippen LogP contribution in [0.4, 0.5) is 0 Å². The van der Waals surface area contributed by atoms with Crippen LogP contribution in [0.3, 0.4) is 0 Å². The highest BCUT2D eigenvalue weighted by Crippen LogP contribution is 2.32. The van der Waals surface area contributed by atoms with Crippen LogP contribution in [0, 0.1) is 0 Å². The van der Waals surface area contributed by atoms with Crippen molar-refractivity contribution >= 4 is 38.6 Å². The van der Waals surface area contributed by atoms with E-state index in [1.807, 2.05) is 19.2 Å². The standard InChI is InChI=1S/C9H8BrClN2O/c1-13-8-6(14-2)4-3-5(10)7(8)12-9(13)11/h3-4H,1-2H3. The molecule has 1 aromatic heterocycles. The number of nitrogens with zero attached hydrogens (tertiary/aromatic N) is 2. The van der Waals surface area contributed by atoms with E-state index < -0.39 is 0 Å². The van der Waals surface area contributed by atoms with Crippen LogP contribution >= 0.6 is 27.5 Å². The van der Waals surface area contributed by atoms with E-state index >= 15 is 0 Å². The van der Waals surface area contributed by atoms with Gasteiger partial charge in [0.05, 0.1) is 7.11 Å². The quantitative estimate of drug-likeness (QED) is 0.800. The van der Waals surface area contributed by atoms with Gasteiger partial charge in [-0.2, -0.15) is 0 Å². The number of benzene rings is 1. The monoisotopic (exact) mass is 274 g/mol. The molecule has 0 unspecified atom stereocenters. The molecule has 1 heterocycles. The van der Waals surface area contributed by atoms with Crippen molar-refractivity contribution < 1.29 is 4.74 Å². The molecule has 2 rings (SSSR count). The topological polar surface area (TPSA) is 27.1 Å². The predicted molar refractivity (Wildman–Crippen MR) is 60.0 cm³/mol. The molecule has 0 aliphatic heterocycles. The third-order valence-corrected chi connectivity index (χ3v) is 3.08. The average molecular weight is 276 g/mol. The Morgan fingerprint density at radius 1 is 1.50 bits per heavy atom. The van der Waals surface area contributed by atoms with Crippen LogP contribution in [-0.4, -0.2) is 16.7 Å². The lowest BCUT2D eigenvalue weighted by molar-refractivity contribution is 0.418. The highest BCUT2D eigenvalue weighted by molar-refractivity contribution is 9.10. The number of aromatic nitrogens is 2. The highest BCUT2D eigenvalue weighted by atomic mass is 79.9. The van der Waals surface area contributed by atoms with E-state index in [2.05, 4.69) is 20.9 Å². The molecule has 0 aliphatic carbocycles. The molecule has 0 fully saturated rings. The van der Waals surface area contributed by atoms with Gasteiger partial charge in [-0.05, 0) is 39.7 Å². The van der Waals surface area contributed by atoms with Gasteiger partial charge in [-0.15, -0.1) is 0 Å². The van der Waals surface area contributed by atoms with Crippen molar-refractivity contribution in [1.29, 1.82) is 0 Å². The second-order valence-corrected chi connectivity index (χ2v) is 4.08. The maximum Gasteiger partial charge on any atom is 0.203 e. The van der Waals surface area contributed by atoms with Crippen LogP contribution in [-0.2, 0) is 7.05 Å². The molecule has 0 N–H and O–H groups in total. The first-order valence-corrected chi connectivity index (χ1v) is 5.16. The van der Waals surface area contributed by atoms with Gasteiger partial charge in [0.25, 0.3) is 0 Å². The lowest BCUT2D eigenvalue weighted by atomic mass is 10.3. The largest absolute Gasteiger partial charge is 0.494 e. The summed E-state index contributed by atoms with van der Waals surface area (Å²) in [7, 11) is 3.48. The van der Waals surface area contributed by atoms with Crippen molar-refractivity contribution in [3.8, 4) is 5.75 Å². The van der Waals surface area contributed by atoms with E-state index in [9.17, 15) is 0 Å². The van der Waals surface area contributed by atoms with E-state index in [1.54, 1.807) is 11.7 Å². The molecular weight excluding hydrogens is 267 g/mol. The van der Waals surface area contributed by atoms with Gasteiger partial charge < -0.3 is 9.30 Å². The zero-order valence-electron chi connectivity index (χ0n) is 7.71. The zero-order chi connectivity index (χ0) is 10.3. The van der Waals surface area contributed by atoms with Crippen LogP contribution in [0.1, 0.15) is 0 Å². The number of hydrogen-bond acceptors (Lipinski definition) is 2. The summed E-state index contributed by atoms with van der Waals surface area (Å²) in [6, 6.07) is 3.77. The Kier molecular flexibility index (Phi) is 2.41. The number of ether oxygens (including phenoxy) is 1. The Balaban J connectivity index is 2.92. The lowest BCUT2D eigenvalue weighted by Gasteiger charge is -2.04. The molecule has 5 heteroatoms. The summed E-state index contributed by atoms with van der Waals surface area (Å²) in [5.74, 6) is 0.769. The summed E-state index contributed by atoms with van der Waals surface area (Å²) in [5, 5.41) is 0.449. The van der Waals surface area contributed by atoms with Crippen molar-refractivity contribution in [2.45, 2.75) is 0 Å². The summed E-state index contributed by atoms with van der Waals surface area (Å²) >= 11 is 9.35. The van der Waals surface area contributed by atoms with Crippen molar-refractivity contribution in [3.63, 3.8) is 0 Å². The number of aryl methyl sites for hydroxylation is 1.